The minimum absolute atomic E-state index is 0.0822. The van der Waals surface area contributed by atoms with Crippen LogP contribution in [-0.4, -0.2) is 46.5 Å². The van der Waals surface area contributed by atoms with Crippen molar-refractivity contribution >= 4 is 5.97 Å². The number of ether oxygens (including phenoxy) is 4. The third kappa shape index (κ3) is 6.92. The summed E-state index contributed by atoms with van der Waals surface area (Å²) in [6.45, 7) is 4.43. The molecule has 10 heteroatoms. The topological polar surface area (TPSA) is 143 Å². The lowest BCUT2D eigenvalue weighted by molar-refractivity contribution is -0.145. The van der Waals surface area contributed by atoms with E-state index in [0.29, 0.717) is 48.1 Å². The number of pyridine rings is 1. The predicted octanol–water partition coefficient (Wildman–Crippen LogP) is 4.78. The second-order valence-electron chi connectivity index (χ2n) is 10.6. The molecule has 10 nitrogen and oxygen atoms in total. The first-order chi connectivity index (χ1) is 21.3. The Kier molecular flexibility index (Phi) is 9.29. The van der Waals surface area contributed by atoms with Crippen LogP contribution in [0.15, 0.2) is 72.9 Å². The monoisotopic (exact) mass is 595 g/mol. The molecule has 5 rings (SSSR count). The Labute approximate surface area is 255 Å². The first-order valence-electron chi connectivity index (χ1n) is 14.1. The van der Waals surface area contributed by atoms with E-state index in [-0.39, 0.29) is 13.2 Å². The third-order valence-corrected chi connectivity index (χ3v) is 7.51. The van der Waals surface area contributed by atoms with Crippen LogP contribution in [-0.2, 0) is 24.6 Å². The van der Waals surface area contributed by atoms with Gasteiger partial charge in [-0.05, 0) is 66.4 Å². The average molecular weight is 596 g/mol. The molecule has 0 saturated carbocycles. The fourth-order valence-corrected chi connectivity index (χ4v) is 4.70. The van der Waals surface area contributed by atoms with Gasteiger partial charge in [0.15, 0.2) is 11.5 Å². The molecule has 4 aromatic rings. The van der Waals surface area contributed by atoms with Gasteiger partial charge in [-0.3, -0.25) is 15.1 Å². The van der Waals surface area contributed by atoms with Crippen molar-refractivity contribution in [3.63, 3.8) is 0 Å². The molecule has 0 spiro atoms. The highest BCUT2D eigenvalue weighted by atomic mass is 16.6. The maximum absolute atomic E-state index is 11.7. The van der Waals surface area contributed by atoms with Gasteiger partial charge in [-0.1, -0.05) is 30.3 Å². The fourth-order valence-electron chi connectivity index (χ4n) is 4.70. The summed E-state index contributed by atoms with van der Waals surface area (Å²) in [5.41, 5.74) is 4.31. The maximum atomic E-state index is 11.7. The number of aliphatic hydroxyl groups is 1. The van der Waals surface area contributed by atoms with Crippen molar-refractivity contribution in [1.82, 2.24) is 10.3 Å². The summed E-state index contributed by atoms with van der Waals surface area (Å²) >= 11 is 0. The summed E-state index contributed by atoms with van der Waals surface area (Å²) in [6.07, 6.45) is 1.54. The molecule has 1 aromatic heterocycles. The van der Waals surface area contributed by atoms with E-state index in [0.717, 1.165) is 33.8 Å². The second-order valence-corrected chi connectivity index (χ2v) is 10.6. The first-order valence-corrected chi connectivity index (χ1v) is 14.1. The predicted molar refractivity (Wildman–Crippen MR) is 162 cm³/mol. The standard InChI is InChI=1S/C34H33N3O7/c1-22-26(4-3-5-29(22)24-7-9-30-32(15-24)42-13-12-41-30)19-43-28-8-6-25(18-37-34(2,21-38)33(39)40)31(16-28)44-20-27-14-23(17-35)10-11-36-27/h3-11,14-16,37-38H,12-13,18-21H2,1-2H3,(H,39,40). The van der Waals surface area contributed by atoms with Crippen molar-refractivity contribution in [2.45, 2.75) is 39.1 Å². The molecule has 0 bridgehead atoms. The molecule has 0 saturated heterocycles. The summed E-state index contributed by atoms with van der Waals surface area (Å²) < 4.78 is 23.7. The molecule has 3 aromatic carbocycles. The molecule has 2 heterocycles. The Hall–Kier alpha value is -5.11. The number of aromatic nitrogens is 1. The van der Waals surface area contributed by atoms with E-state index in [1.807, 2.05) is 30.3 Å². The summed E-state index contributed by atoms with van der Waals surface area (Å²) in [6, 6.07) is 22.7. The van der Waals surface area contributed by atoms with Crippen LogP contribution in [0.4, 0.5) is 0 Å². The molecular formula is C34H33N3O7. The molecule has 1 aliphatic heterocycles. The average Bonchev–Trinajstić information content (AvgIpc) is 3.06. The minimum atomic E-state index is -1.53. The maximum Gasteiger partial charge on any atom is 0.326 e. The number of hydrogen-bond donors (Lipinski definition) is 3. The first kappa shape index (κ1) is 30.4. The van der Waals surface area contributed by atoms with Crippen LogP contribution < -0.4 is 24.3 Å². The van der Waals surface area contributed by atoms with Crippen molar-refractivity contribution in [3.05, 3.63) is 101 Å². The highest BCUT2D eigenvalue weighted by Gasteiger charge is 2.32. The van der Waals surface area contributed by atoms with Gasteiger partial charge in [0.05, 0.1) is 23.9 Å². The van der Waals surface area contributed by atoms with Crippen molar-refractivity contribution in [2.75, 3.05) is 19.8 Å². The summed E-state index contributed by atoms with van der Waals surface area (Å²) in [7, 11) is 0. The molecule has 1 aliphatic rings. The number of nitriles is 1. The van der Waals surface area contributed by atoms with E-state index in [4.69, 9.17) is 18.9 Å². The number of hydrogen-bond acceptors (Lipinski definition) is 9. The normalized spacial score (nSPS) is 13.4. The molecule has 44 heavy (non-hydrogen) atoms. The molecule has 1 atom stereocenters. The molecule has 0 aliphatic carbocycles. The lowest BCUT2D eigenvalue weighted by Gasteiger charge is -2.24. The molecule has 0 radical (unpaired) electrons. The van der Waals surface area contributed by atoms with Crippen LogP contribution in [0.2, 0.25) is 0 Å². The number of carboxylic acid groups (broad SMARTS) is 1. The Bertz CT molecular complexity index is 1700. The van der Waals surface area contributed by atoms with Crippen molar-refractivity contribution in [2.24, 2.45) is 0 Å². The SMILES string of the molecule is Cc1c(COc2ccc(CNC(C)(CO)C(=O)O)c(OCc3cc(C#N)ccn3)c2)cccc1-c1ccc2c(c1)OCCO2. The Balaban J connectivity index is 1.35. The Morgan fingerprint density at radius 1 is 1.02 bits per heavy atom. The number of carbonyl (C=O) groups is 1. The van der Waals surface area contributed by atoms with Crippen molar-refractivity contribution in [1.29, 1.82) is 5.26 Å². The second kappa shape index (κ2) is 13.5. The molecule has 0 fully saturated rings. The van der Waals surface area contributed by atoms with Gasteiger partial charge in [-0.15, -0.1) is 0 Å². The molecule has 1 unspecified atom stereocenters. The zero-order chi connectivity index (χ0) is 31.1. The van der Waals surface area contributed by atoms with Crippen molar-refractivity contribution < 1.29 is 34.0 Å². The number of aliphatic hydroxyl groups excluding tert-OH is 1. The largest absolute Gasteiger partial charge is 0.489 e. The van der Waals surface area contributed by atoms with Gasteiger partial charge < -0.3 is 29.2 Å². The van der Waals surface area contributed by atoms with E-state index in [9.17, 15) is 20.3 Å². The van der Waals surface area contributed by atoms with Crippen molar-refractivity contribution in [3.8, 4) is 40.2 Å². The number of nitrogens with one attached hydrogen (secondary N) is 1. The zero-order valence-corrected chi connectivity index (χ0v) is 24.5. The van der Waals surface area contributed by atoms with Crippen LogP contribution in [0.25, 0.3) is 11.1 Å². The van der Waals surface area contributed by atoms with E-state index in [1.165, 1.54) is 6.92 Å². The van der Waals surface area contributed by atoms with E-state index in [1.54, 1.807) is 36.5 Å². The zero-order valence-electron chi connectivity index (χ0n) is 24.5. The Morgan fingerprint density at radius 2 is 1.84 bits per heavy atom. The molecule has 226 valence electrons. The van der Waals surface area contributed by atoms with Gasteiger partial charge in [0.25, 0.3) is 0 Å². The van der Waals surface area contributed by atoms with Gasteiger partial charge in [0, 0.05) is 24.4 Å². The van der Waals surface area contributed by atoms with Gasteiger partial charge in [0.2, 0.25) is 0 Å². The van der Waals surface area contributed by atoms with Crippen LogP contribution in [0.5, 0.6) is 23.0 Å². The lowest BCUT2D eigenvalue weighted by atomic mass is 9.96. The lowest BCUT2D eigenvalue weighted by Crippen LogP contribution is -2.52. The fraction of sp³-hybridized carbons (Fsp3) is 0.265. The number of aliphatic carboxylic acids is 1. The third-order valence-electron chi connectivity index (χ3n) is 7.51. The molecule has 3 N–H and O–H groups in total. The number of benzene rings is 3. The van der Waals surface area contributed by atoms with E-state index >= 15 is 0 Å². The smallest absolute Gasteiger partial charge is 0.326 e. The minimum Gasteiger partial charge on any atom is -0.489 e. The van der Waals surface area contributed by atoms with Gasteiger partial charge in [-0.25, -0.2) is 0 Å². The number of fused-ring (bicyclic) bond motifs is 1. The highest BCUT2D eigenvalue weighted by molar-refractivity contribution is 5.78. The van der Waals surface area contributed by atoms with Crippen LogP contribution in [0.1, 0.15) is 34.9 Å². The summed E-state index contributed by atoms with van der Waals surface area (Å²) in [4.78, 5) is 16.0. The summed E-state index contributed by atoms with van der Waals surface area (Å²) in [5.74, 6) is 1.30. The van der Waals surface area contributed by atoms with Crippen LogP contribution in [0, 0.1) is 18.3 Å². The molecular weight excluding hydrogens is 562 g/mol. The quantitative estimate of drug-likeness (QED) is 0.209. The van der Waals surface area contributed by atoms with E-state index < -0.39 is 18.1 Å². The van der Waals surface area contributed by atoms with E-state index in [2.05, 4.69) is 29.4 Å². The van der Waals surface area contributed by atoms with Gasteiger partial charge in [0.1, 0.15) is 43.5 Å². The summed E-state index contributed by atoms with van der Waals surface area (Å²) in [5, 5.41) is 31.3. The highest BCUT2D eigenvalue weighted by Crippen LogP contribution is 2.36. The number of nitrogens with zero attached hydrogens (tertiary/aromatic N) is 2. The Morgan fingerprint density at radius 3 is 2.61 bits per heavy atom. The van der Waals surface area contributed by atoms with Gasteiger partial charge >= 0.3 is 5.97 Å². The number of rotatable bonds is 12. The van der Waals surface area contributed by atoms with Crippen LogP contribution in [0.3, 0.4) is 0 Å². The van der Waals surface area contributed by atoms with Crippen LogP contribution >= 0.6 is 0 Å². The molecule has 0 amide bonds. The number of carboxylic acids is 1. The van der Waals surface area contributed by atoms with Gasteiger partial charge in [-0.2, -0.15) is 5.26 Å².